The minimum atomic E-state index is -0.322. The molecule has 0 saturated carbocycles. The average Bonchev–Trinajstić information content (AvgIpc) is 2.28. The van der Waals surface area contributed by atoms with Crippen molar-refractivity contribution in [3.8, 4) is 0 Å². The predicted octanol–water partition coefficient (Wildman–Crippen LogP) is 1.74. The van der Waals surface area contributed by atoms with Crippen LogP contribution < -0.4 is 5.32 Å². The van der Waals surface area contributed by atoms with Gasteiger partial charge in [0.1, 0.15) is 12.4 Å². The van der Waals surface area contributed by atoms with Crippen LogP contribution in [0, 0.1) is 12.7 Å². The number of benzene rings is 1. The molecular weight excluding hydrogens is 225 g/mol. The summed E-state index contributed by atoms with van der Waals surface area (Å²) in [5.74, 6) is -0.590. The van der Waals surface area contributed by atoms with Crippen LogP contribution in [-0.4, -0.2) is 32.8 Å². The Morgan fingerprint density at radius 3 is 2.82 bits per heavy atom. The molecule has 0 atom stereocenters. The van der Waals surface area contributed by atoms with Gasteiger partial charge in [0.25, 0.3) is 0 Å². The van der Waals surface area contributed by atoms with Crippen LogP contribution in [-0.2, 0) is 14.3 Å². The smallest absolute Gasteiger partial charge is 0.250 e. The van der Waals surface area contributed by atoms with Crippen molar-refractivity contribution in [2.75, 3.05) is 32.2 Å². The summed E-state index contributed by atoms with van der Waals surface area (Å²) in [6, 6.07) is 4.19. The summed E-state index contributed by atoms with van der Waals surface area (Å²) in [7, 11) is 1.56. The van der Waals surface area contributed by atoms with Crippen molar-refractivity contribution in [2.45, 2.75) is 6.92 Å². The molecular formula is C12H16FNO3. The summed E-state index contributed by atoms with van der Waals surface area (Å²) in [6.45, 7) is 2.50. The zero-order valence-electron chi connectivity index (χ0n) is 9.96. The maximum atomic E-state index is 12.8. The fourth-order valence-electron chi connectivity index (χ4n) is 1.26. The van der Waals surface area contributed by atoms with Crippen LogP contribution in [0.1, 0.15) is 5.56 Å². The van der Waals surface area contributed by atoms with Crippen LogP contribution in [0.5, 0.6) is 0 Å². The standard InChI is InChI=1S/C12H16FNO3/c1-9-7-10(13)3-4-11(9)14-12(15)8-17-6-5-16-2/h3-4,7H,5-6,8H2,1-2H3,(H,14,15). The number of ether oxygens (including phenoxy) is 2. The maximum absolute atomic E-state index is 12.8. The number of halogens is 1. The molecule has 5 heteroatoms. The normalized spacial score (nSPS) is 10.3. The van der Waals surface area contributed by atoms with Crippen LogP contribution in [0.3, 0.4) is 0 Å². The molecule has 0 bridgehead atoms. The number of hydrogen-bond donors (Lipinski definition) is 1. The highest BCUT2D eigenvalue weighted by atomic mass is 19.1. The van der Waals surface area contributed by atoms with E-state index >= 15 is 0 Å². The van der Waals surface area contributed by atoms with Gasteiger partial charge in [-0.15, -0.1) is 0 Å². The van der Waals surface area contributed by atoms with Crippen LogP contribution >= 0.6 is 0 Å². The Labute approximate surface area is 99.7 Å². The highest BCUT2D eigenvalue weighted by Gasteiger charge is 2.05. The second-order valence-corrected chi connectivity index (χ2v) is 3.55. The number of hydrogen-bond acceptors (Lipinski definition) is 3. The van der Waals surface area contributed by atoms with E-state index in [9.17, 15) is 9.18 Å². The zero-order chi connectivity index (χ0) is 12.7. The minimum Gasteiger partial charge on any atom is -0.382 e. The van der Waals surface area contributed by atoms with E-state index in [2.05, 4.69) is 5.32 Å². The summed E-state index contributed by atoms with van der Waals surface area (Å²) < 4.78 is 22.7. The number of rotatable bonds is 6. The van der Waals surface area contributed by atoms with Gasteiger partial charge in [0, 0.05) is 12.8 Å². The fourth-order valence-corrected chi connectivity index (χ4v) is 1.26. The summed E-state index contributed by atoms with van der Waals surface area (Å²) >= 11 is 0. The number of amides is 1. The van der Waals surface area contributed by atoms with E-state index in [1.807, 2.05) is 0 Å². The SMILES string of the molecule is COCCOCC(=O)Nc1ccc(F)cc1C. The lowest BCUT2D eigenvalue weighted by atomic mass is 10.2. The lowest BCUT2D eigenvalue weighted by Gasteiger charge is -2.08. The molecule has 0 fully saturated rings. The van der Waals surface area contributed by atoms with Gasteiger partial charge in [-0.1, -0.05) is 0 Å². The third-order valence-electron chi connectivity index (χ3n) is 2.13. The molecule has 0 spiro atoms. The van der Waals surface area contributed by atoms with E-state index in [1.54, 1.807) is 14.0 Å². The monoisotopic (exact) mass is 241 g/mol. The van der Waals surface area contributed by atoms with Crippen molar-refractivity contribution in [1.29, 1.82) is 0 Å². The molecule has 1 aromatic rings. The second kappa shape index (κ2) is 6.98. The third kappa shape index (κ3) is 4.93. The highest BCUT2D eigenvalue weighted by Crippen LogP contribution is 2.15. The Morgan fingerprint density at radius 1 is 1.41 bits per heavy atom. The molecule has 4 nitrogen and oxygen atoms in total. The largest absolute Gasteiger partial charge is 0.382 e. The quantitative estimate of drug-likeness (QED) is 0.772. The van der Waals surface area contributed by atoms with E-state index in [0.717, 1.165) is 0 Å². The van der Waals surface area contributed by atoms with Gasteiger partial charge in [-0.05, 0) is 30.7 Å². The van der Waals surface area contributed by atoms with Crippen LogP contribution in [0.4, 0.5) is 10.1 Å². The van der Waals surface area contributed by atoms with Gasteiger partial charge < -0.3 is 14.8 Å². The number of aryl methyl sites for hydroxylation is 1. The predicted molar refractivity (Wildman–Crippen MR) is 62.5 cm³/mol. The van der Waals surface area contributed by atoms with Crippen LogP contribution in [0.2, 0.25) is 0 Å². The molecule has 1 N–H and O–H groups in total. The molecule has 0 aromatic heterocycles. The van der Waals surface area contributed by atoms with Gasteiger partial charge in [0.2, 0.25) is 5.91 Å². The molecule has 0 radical (unpaired) electrons. The van der Waals surface area contributed by atoms with E-state index in [0.29, 0.717) is 24.5 Å². The van der Waals surface area contributed by atoms with E-state index in [1.165, 1.54) is 18.2 Å². The Kier molecular flexibility index (Phi) is 5.59. The van der Waals surface area contributed by atoms with Gasteiger partial charge in [-0.2, -0.15) is 0 Å². The van der Waals surface area contributed by atoms with Gasteiger partial charge in [-0.25, -0.2) is 4.39 Å². The average molecular weight is 241 g/mol. The maximum Gasteiger partial charge on any atom is 0.250 e. The first kappa shape index (κ1) is 13.6. The lowest BCUT2D eigenvalue weighted by molar-refractivity contribution is -0.121. The number of carbonyl (C=O) groups excluding carboxylic acids is 1. The van der Waals surface area contributed by atoms with Crippen molar-refractivity contribution in [2.24, 2.45) is 0 Å². The molecule has 0 aliphatic rings. The van der Waals surface area contributed by atoms with Gasteiger partial charge in [0.05, 0.1) is 13.2 Å². The molecule has 1 amide bonds. The molecule has 94 valence electrons. The first-order valence-corrected chi connectivity index (χ1v) is 5.26. The molecule has 0 aliphatic carbocycles. The summed E-state index contributed by atoms with van der Waals surface area (Å²) in [6.07, 6.45) is 0. The van der Waals surface area contributed by atoms with Crippen molar-refractivity contribution in [3.63, 3.8) is 0 Å². The molecule has 1 aromatic carbocycles. The van der Waals surface area contributed by atoms with Crippen molar-refractivity contribution < 1.29 is 18.7 Å². The lowest BCUT2D eigenvalue weighted by Crippen LogP contribution is -2.20. The number of anilines is 1. The van der Waals surface area contributed by atoms with Crippen LogP contribution in [0.25, 0.3) is 0 Å². The zero-order valence-corrected chi connectivity index (χ0v) is 9.96. The van der Waals surface area contributed by atoms with Gasteiger partial charge in [-0.3, -0.25) is 4.79 Å². The minimum absolute atomic E-state index is 0.0415. The highest BCUT2D eigenvalue weighted by molar-refractivity contribution is 5.92. The molecule has 1 rings (SSSR count). The Morgan fingerprint density at radius 2 is 2.18 bits per heavy atom. The van der Waals surface area contributed by atoms with E-state index < -0.39 is 0 Å². The summed E-state index contributed by atoms with van der Waals surface area (Å²) in [5, 5.41) is 2.64. The molecule has 0 heterocycles. The molecule has 0 aliphatic heterocycles. The first-order chi connectivity index (χ1) is 8.13. The van der Waals surface area contributed by atoms with Gasteiger partial charge in [0.15, 0.2) is 0 Å². The number of methoxy groups -OCH3 is 1. The van der Waals surface area contributed by atoms with E-state index in [-0.39, 0.29) is 18.3 Å². The molecule has 0 saturated heterocycles. The third-order valence-corrected chi connectivity index (χ3v) is 2.13. The Hall–Kier alpha value is -1.46. The summed E-state index contributed by atoms with van der Waals surface area (Å²) in [4.78, 5) is 11.4. The van der Waals surface area contributed by atoms with Crippen molar-refractivity contribution in [3.05, 3.63) is 29.6 Å². The van der Waals surface area contributed by atoms with Gasteiger partial charge >= 0.3 is 0 Å². The Bertz CT molecular complexity index is 382. The van der Waals surface area contributed by atoms with Crippen molar-refractivity contribution >= 4 is 11.6 Å². The van der Waals surface area contributed by atoms with E-state index in [4.69, 9.17) is 9.47 Å². The fraction of sp³-hybridized carbons (Fsp3) is 0.417. The topological polar surface area (TPSA) is 47.6 Å². The molecule has 17 heavy (non-hydrogen) atoms. The summed E-state index contributed by atoms with van der Waals surface area (Å²) in [5.41, 5.74) is 1.27. The first-order valence-electron chi connectivity index (χ1n) is 5.26. The second-order valence-electron chi connectivity index (χ2n) is 3.55. The Balaban J connectivity index is 2.40. The van der Waals surface area contributed by atoms with Crippen molar-refractivity contribution in [1.82, 2.24) is 0 Å². The number of nitrogens with one attached hydrogen (secondary N) is 1. The molecule has 0 unspecified atom stereocenters. The number of carbonyl (C=O) groups is 1. The van der Waals surface area contributed by atoms with Crippen LogP contribution in [0.15, 0.2) is 18.2 Å².